The second kappa shape index (κ2) is 5.12. The number of carbonyl (C=O) groups is 1. The van der Waals surface area contributed by atoms with E-state index in [4.69, 9.17) is 0 Å². The summed E-state index contributed by atoms with van der Waals surface area (Å²) in [5.41, 5.74) is 1.70. The van der Waals surface area contributed by atoms with E-state index in [0.29, 0.717) is 12.1 Å². The summed E-state index contributed by atoms with van der Waals surface area (Å²) in [4.78, 5) is 11.6. The lowest BCUT2D eigenvalue weighted by molar-refractivity contribution is -0.119. The van der Waals surface area contributed by atoms with Crippen molar-refractivity contribution in [1.82, 2.24) is 5.32 Å². The molecule has 0 aliphatic heterocycles. The second-order valence-corrected chi connectivity index (χ2v) is 3.50. The first kappa shape index (κ1) is 10.4. The van der Waals surface area contributed by atoms with Gasteiger partial charge in [0.1, 0.15) is 0 Å². The van der Waals surface area contributed by atoms with Crippen LogP contribution in [0.15, 0.2) is 60.7 Å². The van der Waals surface area contributed by atoms with Gasteiger partial charge in [0.15, 0.2) is 0 Å². The van der Waals surface area contributed by atoms with Crippen LogP contribution in [0.3, 0.4) is 0 Å². The Labute approximate surface area is 94.9 Å². The monoisotopic (exact) mass is 210 g/mol. The molecule has 0 saturated heterocycles. The van der Waals surface area contributed by atoms with Gasteiger partial charge in [-0.3, -0.25) is 4.79 Å². The van der Waals surface area contributed by atoms with Crippen molar-refractivity contribution >= 4 is 11.6 Å². The fraction of sp³-hybridized carbons (Fsp3) is 0.0714. The van der Waals surface area contributed by atoms with Crippen molar-refractivity contribution in [2.45, 2.75) is 6.42 Å². The summed E-state index contributed by atoms with van der Waals surface area (Å²) in [5, 5.41) is 4.02. The third-order valence-corrected chi connectivity index (χ3v) is 2.21. The molecule has 0 aliphatic rings. The van der Waals surface area contributed by atoms with Crippen molar-refractivity contribution < 1.29 is 4.79 Å². The Hall–Kier alpha value is -2.09. The summed E-state index contributed by atoms with van der Waals surface area (Å²) in [6.07, 6.45) is 0.357. The molecule has 0 atom stereocenters. The zero-order valence-electron chi connectivity index (χ0n) is 8.84. The maximum absolute atomic E-state index is 11.6. The smallest absolute Gasteiger partial charge is 0.250 e. The molecule has 1 radical (unpaired) electrons. The third-order valence-electron chi connectivity index (χ3n) is 2.21. The van der Waals surface area contributed by atoms with Gasteiger partial charge in [0, 0.05) is 0 Å². The van der Waals surface area contributed by atoms with Crippen LogP contribution in [0.5, 0.6) is 0 Å². The highest BCUT2D eigenvalue weighted by Gasteiger charge is 2.04. The number of nitrogens with zero attached hydrogens (tertiary/aromatic N) is 1. The van der Waals surface area contributed by atoms with Crippen LogP contribution in [0.2, 0.25) is 0 Å². The molecular formula is C14H12NO. The molecule has 0 aliphatic carbocycles. The normalized spacial score (nSPS) is 9.75. The van der Waals surface area contributed by atoms with Gasteiger partial charge in [-0.1, -0.05) is 48.5 Å². The lowest BCUT2D eigenvalue weighted by Crippen LogP contribution is -2.13. The minimum absolute atomic E-state index is 0.114. The second-order valence-electron chi connectivity index (χ2n) is 3.50. The third kappa shape index (κ3) is 2.95. The molecule has 0 N–H and O–H groups in total. The molecule has 0 aromatic heterocycles. The SMILES string of the molecule is O=C(Cc1ccccc1)[N]c1ccccc1. The first-order valence-electron chi connectivity index (χ1n) is 5.18. The largest absolute Gasteiger partial charge is 0.272 e. The van der Waals surface area contributed by atoms with Gasteiger partial charge in [0.05, 0.1) is 12.1 Å². The van der Waals surface area contributed by atoms with Gasteiger partial charge in [-0.05, 0) is 17.7 Å². The zero-order valence-corrected chi connectivity index (χ0v) is 8.84. The predicted octanol–water partition coefficient (Wildman–Crippen LogP) is 2.69. The average molecular weight is 210 g/mol. The van der Waals surface area contributed by atoms with Crippen LogP contribution < -0.4 is 5.32 Å². The van der Waals surface area contributed by atoms with Crippen LogP contribution in [0.4, 0.5) is 5.69 Å². The molecule has 2 nitrogen and oxygen atoms in total. The van der Waals surface area contributed by atoms with Gasteiger partial charge >= 0.3 is 0 Å². The van der Waals surface area contributed by atoms with E-state index < -0.39 is 0 Å². The van der Waals surface area contributed by atoms with Crippen LogP contribution in [-0.2, 0) is 11.2 Å². The van der Waals surface area contributed by atoms with Crippen molar-refractivity contribution in [2.24, 2.45) is 0 Å². The van der Waals surface area contributed by atoms with Crippen LogP contribution in [-0.4, -0.2) is 5.91 Å². The quantitative estimate of drug-likeness (QED) is 0.766. The van der Waals surface area contributed by atoms with E-state index in [9.17, 15) is 4.79 Å². The highest BCUT2D eigenvalue weighted by molar-refractivity contribution is 5.82. The average Bonchev–Trinajstić information content (AvgIpc) is 2.31. The fourth-order valence-corrected chi connectivity index (χ4v) is 1.46. The first-order valence-corrected chi connectivity index (χ1v) is 5.18. The van der Waals surface area contributed by atoms with Crippen molar-refractivity contribution in [3.05, 3.63) is 66.2 Å². The van der Waals surface area contributed by atoms with Gasteiger partial charge in [0.2, 0.25) is 0 Å². The van der Waals surface area contributed by atoms with Crippen LogP contribution in [0.1, 0.15) is 5.56 Å². The van der Waals surface area contributed by atoms with E-state index in [-0.39, 0.29) is 5.91 Å². The number of rotatable bonds is 3. The molecule has 2 aromatic rings. The maximum atomic E-state index is 11.6. The molecular weight excluding hydrogens is 198 g/mol. The number of hydrogen-bond acceptors (Lipinski definition) is 1. The molecule has 0 heterocycles. The Morgan fingerprint density at radius 1 is 0.875 bits per heavy atom. The molecule has 79 valence electrons. The summed E-state index contributed by atoms with van der Waals surface area (Å²) in [5.74, 6) is -0.114. The van der Waals surface area contributed by atoms with Crippen LogP contribution in [0, 0.1) is 0 Å². The maximum Gasteiger partial charge on any atom is 0.250 e. The Morgan fingerprint density at radius 2 is 1.44 bits per heavy atom. The number of para-hydroxylation sites is 1. The predicted molar refractivity (Wildman–Crippen MR) is 63.4 cm³/mol. The summed E-state index contributed by atoms with van der Waals surface area (Å²) in [6, 6.07) is 18.9. The standard InChI is InChI=1S/C14H12NO/c16-14(11-12-7-3-1-4-8-12)15-13-9-5-2-6-10-13/h1-10H,11H2. The summed E-state index contributed by atoms with van der Waals surface area (Å²) >= 11 is 0. The van der Waals surface area contributed by atoms with E-state index in [1.54, 1.807) is 0 Å². The van der Waals surface area contributed by atoms with Gasteiger partial charge in [0.25, 0.3) is 5.91 Å². The van der Waals surface area contributed by atoms with E-state index >= 15 is 0 Å². The minimum atomic E-state index is -0.114. The topological polar surface area (TPSA) is 31.2 Å². The summed E-state index contributed by atoms with van der Waals surface area (Å²) < 4.78 is 0. The highest BCUT2D eigenvalue weighted by Crippen LogP contribution is 2.07. The van der Waals surface area contributed by atoms with Crippen molar-refractivity contribution in [2.75, 3.05) is 0 Å². The molecule has 2 rings (SSSR count). The van der Waals surface area contributed by atoms with Gasteiger partial charge < -0.3 is 0 Å². The molecule has 0 saturated carbocycles. The Bertz CT molecular complexity index is 407. The summed E-state index contributed by atoms with van der Waals surface area (Å²) in [6.45, 7) is 0. The number of carbonyl (C=O) groups excluding carboxylic acids is 1. The molecule has 1 amide bonds. The first-order chi connectivity index (χ1) is 7.84. The number of amides is 1. The molecule has 2 aromatic carbocycles. The van der Waals surface area contributed by atoms with Crippen LogP contribution in [0.25, 0.3) is 0 Å². The van der Waals surface area contributed by atoms with E-state index in [1.165, 1.54) is 0 Å². The fourth-order valence-electron chi connectivity index (χ4n) is 1.46. The Morgan fingerprint density at radius 3 is 2.06 bits per heavy atom. The van der Waals surface area contributed by atoms with Crippen molar-refractivity contribution in [1.29, 1.82) is 0 Å². The van der Waals surface area contributed by atoms with Gasteiger partial charge in [-0.25, -0.2) is 5.32 Å². The van der Waals surface area contributed by atoms with Crippen molar-refractivity contribution in [3.63, 3.8) is 0 Å². The minimum Gasteiger partial charge on any atom is -0.272 e. The molecule has 0 bridgehead atoms. The molecule has 0 spiro atoms. The molecule has 0 unspecified atom stereocenters. The van der Waals surface area contributed by atoms with E-state index in [0.717, 1.165) is 5.56 Å². The summed E-state index contributed by atoms with van der Waals surface area (Å²) in [7, 11) is 0. The Balaban J connectivity index is 1.95. The lowest BCUT2D eigenvalue weighted by Gasteiger charge is -2.01. The van der Waals surface area contributed by atoms with Gasteiger partial charge in [-0.2, -0.15) is 0 Å². The van der Waals surface area contributed by atoms with E-state index in [2.05, 4.69) is 5.32 Å². The number of hydrogen-bond donors (Lipinski definition) is 0. The molecule has 0 fully saturated rings. The Kier molecular flexibility index (Phi) is 3.34. The van der Waals surface area contributed by atoms with Crippen LogP contribution >= 0.6 is 0 Å². The number of benzene rings is 2. The molecule has 16 heavy (non-hydrogen) atoms. The molecule has 2 heteroatoms. The zero-order chi connectivity index (χ0) is 11.2. The van der Waals surface area contributed by atoms with Crippen molar-refractivity contribution in [3.8, 4) is 0 Å². The lowest BCUT2D eigenvalue weighted by atomic mass is 10.1. The highest BCUT2D eigenvalue weighted by atomic mass is 16.1. The van der Waals surface area contributed by atoms with Gasteiger partial charge in [-0.15, -0.1) is 0 Å². The van der Waals surface area contributed by atoms with E-state index in [1.807, 2.05) is 60.7 Å².